The summed E-state index contributed by atoms with van der Waals surface area (Å²) in [6.45, 7) is 4.81. The minimum absolute atomic E-state index is 0.149. The van der Waals surface area contributed by atoms with Crippen LogP contribution in [0, 0.1) is 20.9 Å². The number of benzene rings is 2. The van der Waals surface area contributed by atoms with Gasteiger partial charge in [0, 0.05) is 28.6 Å². The number of nitro benzene ring substituents is 1. The van der Waals surface area contributed by atoms with E-state index in [-0.39, 0.29) is 23.5 Å². The van der Waals surface area contributed by atoms with Crippen LogP contribution < -0.4 is 0 Å². The Kier molecular flexibility index (Phi) is 5.64. The lowest BCUT2D eigenvalue weighted by Crippen LogP contribution is -2.54. The smallest absolute Gasteiger partial charge is 0.320 e. The van der Waals surface area contributed by atoms with Crippen LogP contribution in [-0.2, 0) is 14.3 Å². The third-order valence-electron chi connectivity index (χ3n) is 5.50. The Morgan fingerprint density at radius 2 is 1.63 bits per heavy atom. The standard InChI is InChI=1S/C22H20BrNO6/c1-21(2)18(14-4-8-15(23)9-5-14)30-20(27)22(3,19(21)26)12-17(25)13-6-10-16(11-7-13)24(28)29/h4-11,18H,12H2,1-3H3. The number of rotatable bonds is 5. The number of Topliss-reactive ketones (excluding diaryl/α,β-unsaturated/α-hetero) is 2. The molecule has 0 bridgehead atoms. The molecule has 156 valence electrons. The first-order valence-electron chi connectivity index (χ1n) is 9.26. The number of nitrogens with zero attached hydrogens (tertiary/aromatic N) is 1. The summed E-state index contributed by atoms with van der Waals surface area (Å²) in [5.74, 6) is -1.60. The maximum atomic E-state index is 13.4. The first-order chi connectivity index (χ1) is 14.0. The predicted molar refractivity (Wildman–Crippen MR) is 112 cm³/mol. The van der Waals surface area contributed by atoms with Crippen LogP contribution in [-0.4, -0.2) is 22.5 Å². The number of carbonyl (C=O) groups excluding carboxylic acids is 3. The molecule has 1 aliphatic heterocycles. The highest BCUT2D eigenvalue weighted by Crippen LogP contribution is 2.49. The molecule has 2 unspecified atom stereocenters. The Balaban J connectivity index is 1.87. The second-order valence-electron chi connectivity index (χ2n) is 8.12. The van der Waals surface area contributed by atoms with Crippen LogP contribution in [0.25, 0.3) is 0 Å². The Morgan fingerprint density at radius 3 is 2.17 bits per heavy atom. The minimum atomic E-state index is -1.64. The fourth-order valence-corrected chi connectivity index (χ4v) is 4.04. The maximum Gasteiger partial charge on any atom is 0.320 e. The van der Waals surface area contributed by atoms with Crippen LogP contribution in [0.3, 0.4) is 0 Å². The summed E-state index contributed by atoms with van der Waals surface area (Å²) in [4.78, 5) is 49.2. The van der Waals surface area contributed by atoms with Crippen LogP contribution in [0.1, 0.15) is 49.2 Å². The molecule has 0 radical (unpaired) electrons. The second-order valence-corrected chi connectivity index (χ2v) is 9.04. The van der Waals surface area contributed by atoms with Gasteiger partial charge in [-0.3, -0.25) is 24.5 Å². The van der Waals surface area contributed by atoms with Gasteiger partial charge in [0.05, 0.1) is 10.3 Å². The predicted octanol–water partition coefficient (Wildman–Crippen LogP) is 4.83. The van der Waals surface area contributed by atoms with E-state index in [0.29, 0.717) is 5.56 Å². The van der Waals surface area contributed by atoms with Gasteiger partial charge in [0.1, 0.15) is 11.5 Å². The summed E-state index contributed by atoms with van der Waals surface area (Å²) in [5.41, 5.74) is -1.96. The van der Waals surface area contributed by atoms with Crippen molar-refractivity contribution in [1.29, 1.82) is 0 Å². The summed E-state index contributed by atoms with van der Waals surface area (Å²) >= 11 is 3.35. The van der Waals surface area contributed by atoms with Crippen LogP contribution in [0.2, 0.25) is 0 Å². The van der Waals surface area contributed by atoms with Gasteiger partial charge in [0.15, 0.2) is 11.6 Å². The first-order valence-corrected chi connectivity index (χ1v) is 10.1. The molecular formula is C22H20BrNO6. The van der Waals surface area contributed by atoms with Crippen molar-refractivity contribution in [2.45, 2.75) is 33.3 Å². The molecule has 1 aliphatic rings. The largest absolute Gasteiger partial charge is 0.456 e. The van der Waals surface area contributed by atoms with Crippen molar-refractivity contribution in [2.24, 2.45) is 10.8 Å². The fourth-order valence-electron chi connectivity index (χ4n) is 3.77. The molecule has 2 atom stereocenters. The summed E-state index contributed by atoms with van der Waals surface area (Å²) in [6, 6.07) is 12.2. The Hall–Kier alpha value is -2.87. The monoisotopic (exact) mass is 473 g/mol. The molecule has 1 saturated heterocycles. The molecule has 0 aromatic heterocycles. The zero-order chi connectivity index (χ0) is 22.3. The van der Waals surface area contributed by atoms with Gasteiger partial charge in [0.2, 0.25) is 0 Å². The van der Waals surface area contributed by atoms with Gasteiger partial charge < -0.3 is 4.74 Å². The number of halogens is 1. The Morgan fingerprint density at radius 1 is 1.07 bits per heavy atom. The molecule has 0 amide bonds. The molecule has 7 nitrogen and oxygen atoms in total. The van der Waals surface area contributed by atoms with E-state index in [2.05, 4.69) is 15.9 Å². The van der Waals surface area contributed by atoms with Crippen molar-refractivity contribution < 1.29 is 24.0 Å². The molecule has 0 spiro atoms. The quantitative estimate of drug-likeness (QED) is 0.202. The van der Waals surface area contributed by atoms with Gasteiger partial charge in [-0.05, 0) is 50.6 Å². The number of hydrogen-bond donors (Lipinski definition) is 0. The van der Waals surface area contributed by atoms with E-state index in [4.69, 9.17) is 4.74 Å². The lowest BCUT2D eigenvalue weighted by atomic mass is 9.64. The Bertz CT molecular complexity index is 1030. The normalized spacial score (nSPS) is 23.0. The van der Waals surface area contributed by atoms with E-state index in [1.807, 2.05) is 0 Å². The summed E-state index contributed by atoms with van der Waals surface area (Å²) < 4.78 is 6.54. The fraction of sp³-hybridized carbons (Fsp3) is 0.318. The van der Waals surface area contributed by atoms with E-state index >= 15 is 0 Å². The molecule has 30 heavy (non-hydrogen) atoms. The lowest BCUT2D eigenvalue weighted by molar-refractivity contribution is -0.384. The first kappa shape index (κ1) is 21.8. The lowest BCUT2D eigenvalue weighted by Gasteiger charge is -2.44. The molecule has 2 aromatic rings. The van der Waals surface area contributed by atoms with E-state index in [0.717, 1.165) is 4.47 Å². The van der Waals surface area contributed by atoms with E-state index in [9.17, 15) is 24.5 Å². The van der Waals surface area contributed by atoms with Crippen molar-refractivity contribution >= 4 is 39.2 Å². The molecular weight excluding hydrogens is 454 g/mol. The highest BCUT2D eigenvalue weighted by atomic mass is 79.9. The van der Waals surface area contributed by atoms with Gasteiger partial charge in [-0.1, -0.05) is 28.1 Å². The Labute approximate surface area is 181 Å². The molecule has 1 fully saturated rings. The van der Waals surface area contributed by atoms with E-state index in [1.165, 1.54) is 31.2 Å². The van der Waals surface area contributed by atoms with Crippen LogP contribution >= 0.6 is 15.9 Å². The van der Waals surface area contributed by atoms with E-state index < -0.39 is 33.6 Å². The molecule has 0 N–H and O–H groups in total. The van der Waals surface area contributed by atoms with E-state index in [1.54, 1.807) is 38.1 Å². The van der Waals surface area contributed by atoms with Crippen LogP contribution in [0.4, 0.5) is 5.69 Å². The SMILES string of the molecule is CC1(CC(=O)c2ccc([N+](=O)[O-])cc2)C(=O)OC(c2ccc(Br)cc2)C(C)(C)C1=O. The van der Waals surface area contributed by atoms with Crippen molar-refractivity contribution in [2.75, 3.05) is 0 Å². The zero-order valence-corrected chi connectivity index (χ0v) is 18.3. The van der Waals surface area contributed by atoms with Gasteiger partial charge in [-0.25, -0.2) is 0 Å². The number of non-ortho nitro benzene ring substituents is 1. The van der Waals surface area contributed by atoms with Crippen LogP contribution in [0.15, 0.2) is 53.0 Å². The zero-order valence-electron chi connectivity index (χ0n) is 16.7. The minimum Gasteiger partial charge on any atom is -0.456 e. The average Bonchev–Trinajstić information content (AvgIpc) is 2.70. The number of esters is 1. The number of ketones is 2. The average molecular weight is 474 g/mol. The topological polar surface area (TPSA) is 104 Å². The molecule has 2 aromatic carbocycles. The maximum absolute atomic E-state index is 13.4. The van der Waals surface area contributed by atoms with Gasteiger partial charge in [-0.2, -0.15) is 0 Å². The van der Waals surface area contributed by atoms with Crippen molar-refractivity contribution in [3.05, 3.63) is 74.2 Å². The number of nitro groups is 1. The number of carbonyl (C=O) groups is 3. The van der Waals surface area contributed by atoms with Crippen molar-refractivity contribution in [1.82, 2.24) is 0 Å². The third-order valence-corrected chi connectivity index (χ3v) is 6.03. The number of hydrogen-bond acceptors (Lipinski definition) is 6. The van der Waals surface area contributed by atoms with Gasteiger partial charge >= 0.3 is 5.97 Å². The highest BCUT2D eigenvalue weighted by molar-refractivity contribution is 9.10. The summed E-state index contributed by atoms with van der Waals surface area (Å²) in [6.07, 6.45) is -1.15. The molecule has 8 heteroatoms. The number of ether oxygens (including phenoxy) is 1. The molecule has 0 saturated carbocycles. The molecule has 1 heterocycles. The van der Waals surface area contributed by atoms with Gasteiger partial charge in [0.25, 0.3) is 5.69 Å². The summed E-state index contributed by atoms with van der Waals surface area (Å²) in [5, 5.41) is 10.8. The highest BCUT2D eigenvalue weighted by Gasteiger charge is 2.58. The summed E-state index contributed by atoms with van der Waals surface area (Å²) in [7, 11) is 0. The van der Waals surface area contributed by atoms with Crippen molar-refractivity contribution in [3.8, 4) is 0 Å². The van der Waals surface area contributed by atoms with Crippen molar-refractivity contribution in [3.63, 3.8) is 0 Å². The van der Waals surface area contributed by atoms with Crippen LogP contribution in [0.5, 0.6) is 0 Å². The van der Waals surface area contributed by atoms with Gasteiger partial charge in [-0.15, -0.1) is 0 Å². The molecule has 0 aliphatic carbocycles. The molecule has 3 rings (SSSR count). The number of cyclic esters (lactones) is 1. The second kappa shape index (κ2) is 7.75. The third kappa shape index (κ3) is 3.79.